The maximum absolute atomic E-state index is 3.88. The summed E-state index contributed by atoms with van der Waals surface area (Å²) in [6.45, 7) is 12.3. The van der Waals surface area contributed by atoms with E-state index in [1.807, 2.05) is 0 Å². The van der Waals surface area contributed by atoms with E-state index in [2.05, 4.69) is 39.5 Å². The molecule has 17 heavy (non-hydrogen) atoms. The molecule has 0 heterocycles. The molecule has 0 nitrogen and oxygen atoms in total. The van der Waals surface area contributed by atoms with E-state index in [4.69, 9.17) is 0 Å². The summed E-state index contributed by atoms with van der Waals surface area (Å²) in [4.78, 5) is 0. The molecule has 2 unspecified atom stereocenters. The van der Waals surface area contributed by atoms with E-state index >= 15 is 0 Å². The Labute approximate surface area is 110 Å². The minimum Gasteiger partial charge on any atom is -0.103 e. The quantitative estimate of drug-likeness (QED) is 0.368. The fraction of sp³-hybridized carbons (Fsp3) is 0.765. The Morgan fingerprint density at radius 3 is 1.88 bits per heavy atom. The molecule has 0 rings (SSSR count). The van der Waals surface area contributed by atoms with E-state index < -0.39 is 0 Å². The Hall–Kier alpha value is -0.440. The minimum atomic E-state index is 0.715. The Morgan fingerprint density at radius 2 is 1.35 bits per heavy atom. The van der Waals surface area contributed by atoms with Crippen LogP contribution in [0.5, 0.6) is 0 Å². The minimum absolute atomic E-state index is 0.715. The second-order valence-corrected chi connectivity index (χ2v) is 5.32. The van der Waals surface area contributed by atoms with Crippen LogP contribution in [0.3, 0.4) is 0 Å². The third-order valence-electron chi connectivity index (χ3n) is 3.17. The van der Waals surface area contributed by atoms with Crippen molar-refractivity contribution in [1.29, 1.82) is 0 Å². The van der Waals surface area contributed by atoms with Crippen molar-refractivity contribution in [2.75, 3.05) is 0 Å². The summed E-state index contributed by atoms with van der Waals surface area (Å²) >= 11 is 0. The first-order valence-electron chi connectivity index (χ1n) is 7.24. The maximum Gasteiger partial charge on any atom is 0.0114 e. The van der Waals surface area contributed by atoms with Crippen LogP contribution in [0.15, 0.2) is 0 Å². The lowest BCUT2D eigenvalue weighted by atomic mass is 9.99. The van der Waals surface area contributed by atoms with Gasteiger partial charge in [0.15, 0.2) is 0 Å². The summed E-state index contributed by atoms with van der Waals surface area (Å²) in [6.07, 6.45) is 10.7. The summed E-state index contributed by atoms with van der Waals surface area (Å²) in [7, 11) is 0. The van der Waals surface area contributed by atoms with Gasteiger partial charge in [0.05, 0.1) is 0 Å². The van der Waals surface area contributed by atoms with Crippen molar-refractivity contribution < 1.29 is 0 Å². The molecule has 0 aliphatic carbocycles. The molecule has 0 N–H and O–H groups in total. The molecule has 0 spiro atoms. The fourth-order valence-electron chi connectivity index (χ4n) is 1.89. The van der Waals surface area contributed by atoms with Crippen LogP contribution in [0.2, 0.25) is 0 Å². The molecule has 0 aromatic heterocycles. The molecule has 0 saturated heterocycles. The Bertz CT molecular complexity index is 206. The largest absolute Gasteiger partial charge is 0.103 e. The Morgan fingerprint density at radius 1 is 0.765 bits per heavy atom. The van der Waals surface area contributed by atoms with Crippen LogP contribution in [-0.2, 0) is 0 Å². The smallest absolute Gasteiger partial charge is 0.0114 e. The van der Waals surface area contributed by atoms with Crippen molar-refractivity contribution in [3.8, 4) is 11.8 Å². The van der Waals surface area contributed by atoms with Crippen molar-refractivity contribution in [3.05, 3.63) is 13.8 Å². The van der Waals surface area contributed by atoms with E-state index in [0.29, 0.717) is 5.92 Å². The summed E-state index contributed by atoms with van der Waals surface area (Å²) in [5.74, 6) is 8.12. The van der Waals surface area contributed by atoms with E-state index in [-0.39, 0.29) is 0 Å². The molecule has 98 valence electrons. The molecule has 0 saturated carbocycles. The van der Waals surface area contributed by atoms with E-state index in [0.717, 1.165) is 31.6 Å². The standard InChI is InChI=1S/C17H30/c1-5-7-8-9-13-17(4)15-11-10-14-16(3)12-6-2/h16-17H,1-2,5-9,12-15H2,3-4H3. The topological polar surface area (TPSA) is 0 Å². The Kier molecular flexibility index (Phi) is 11.7. The first kappa shape index (κ1) is 16.6. The van der Waals surface area contributed by atoms with Crippen molar-refractivity contribution in [1.82, 2.24) is 0 Å². The SMILES string of the molecule is [CH2]CCCCCC(C)CC#CCC(C)CC[CH2]. The molecule has 0 bridgehead atoms. The first-order chi connectivity index (χ1) is 8.20. The molecule has 0 aliphatic rings. The molecular formula is C17H30. The zero-order valence-electron chi connectivity index (χ0n) is 11.9. The van der Waals surface area contributed by atoms with Gasteiger partial charge in [0.25, 0.3) is 0 Å². The molecule has 2 atom stereocenters. The normalized spacial score (nSPS) is 13.9. The van der Waals surface area contributed by atoms with Gasteiger partial charge < -0.3 is 0 Å². The van der Waals surface area contributed by atoms with Gasteiger partial charge in [-0.1, -0.05) is 59.8 Å². The highest BCUT2D eigenvalue weighted by molar-refractivity contribution is 5.00. The van der Waals surface area contributed by atoms with Gasteiger partial charge in [-0.3, -0.25) is 0 Å². The summed E-state index contributed by atoms with van der Waals surface area (Å²) in [5, 5.41) is 0. The molecular weight excluding hydrogens is 204 g/mol. The highest BCUT2D eigenvalue weighted by atomic mass is 14.0. The van der Waals surface area contributed by atoms with Gasteiger partial charge in [0, 0.05) is 12.8 Å². The third-order valence-corrected chi connectivity index (χ3v) is 3.17. The van der Waals surface area contributed by atoms with Crippen LogP contribution >= 0.6 is 0 Å². The van der Waals surface area contributed by atoms with Crippen LogP contribution in [-0.4, -0.2) is 0 Å². The monoisotopic (exact) mass is 234 g/mol. The van der Waals surface area contributed by atoms with Crippen LogP contribution in [0, 0.1) is 37.5 Å². The first-order valence-corrected chi connectivity index (χ1v) is 7.24. The number of rotatable bonds is 9. The fourth-order valence-corrected chi connectivity index (χ4v) is 1.89. The maximum atomic E-state index is 3.88. The zero-order valence-corrected chi connectivity index (χ0v) is 11.9. The van der Waals surface area contributed by atoms with Crippen molar-refractivity contribution in [3.63, 3.8) is 0 Å². The number of hydrogen-bond acceptors (Lipinski definition) is 0. The van der Waals surface area contributed by atoms with Crippen LogP contribution < -0.4 is 0 Å². The average Bonchev–Trinajstić information content (AvgIpc) is 2.31. The predicted molar refractivity (Wildman–Crippen MR) is 78.4 cm³/mol. The van der Waals surface area contributed by atoms with E-state index in [1.54, 1.807) is 0 Å². The molecule has 2 radical (unpaired) electrons. The third kappa shape index (κ3) is 11.8. The zero-order chi connectivity index (χ0) is 12.9. The molecule has 0 aliphatic heterocycles. The van der Waals surface area contributed by atoms with Gasteiger partial charge in [0.1, 0.15) is 0 Å². The predicted octanol–water partition coefficient (Wildman–Crippen LogP) is 5.44. The lowest BCUT2D eigenvalue weighted by Gasteiger charge is -2.07. The second kappa shape index (κ2) is 12.0. The van der Waals surface area contributed by atoms with Crippen molar-refractivity contribution in [2.24, 2.45) is 11.8 Å². The highest BCUT2D eigenvalue weighted by Gasteiger charge is 2.00. The van der Waals surface area contributed by atoms with Gasteiger partial charge in [-0.15, -0.1) is 11.8 Å². The van der Waals surface area contributed by atoms with Crippen LogP contribution in [0.1, 0.15) is 71.6 Å². The summed E-state index contributed by atoms with van der Waals surface area (Å²) in [6, 6.07) is 0. The molecule has 0 aromatic rings. The van der Waals surface area contributed by atoms with Gasteiger partial charge in [-0.25, -0.2) is 0 Å². The molecule has 0 amide bonds. The second-order valence-electron chi connectivity index (χ2n) is 5.32. The lowest BCUT2D eigenvalue weighted by Crippen LogP contribution is -1.94. The van der Waals surface area contributed by atoms with Gasteiger partial charge in [-0.05, 0) is 24.7 Å². The van der Waals surface area contributed by atoms with E-state index in [9.17, 15) is 0 Å². The van der Waals surface area contributed by atoms with Gasteiger partial charge in [-0.2, -0.15) is 0 Å². The van der Waals surface area contributed by atoms with Gasteiger partial charge >= 0.3 is 0 Å². The Balaban J connectivity index is 3.48. The van der Waals surface area contributed by atoms with Crippen LogP contribution in [0.25, 0.3) is 0 Å². The number of unbranched alkanes of at least 4 members (excludes halogenated alkanes) is 3. The van der Waals surface area contributed by atoms with Crippen molar-refractivity contribution in [2.45, 2.75) is 71.6 Å². The lowest BCUT2D eigenvalue weighted by molar-refractivity contribution is 0.501. The molecule has 0 fully saturated rings. The number of hydrogen-bond donors (Lipinski definition) is 0. The average molecular weight is 234 g/mol. The highest BCUT2D eigenvalue weighted by Crippen LogP contribution is 2.13. The summed E-state index contributed by atoms with van der Waals surface area (Å²) < 4.78 is 0. The molecule has 0 aromatic carbocycles. The summed E-state index contributed by atoms with van der Waals surface area (Å²) in [5.41, 5.74) is 0. The van der Waals surface area contributed by atoms with E-state index in [1.165, 1.54) is 32.1 Å². The van der Waals surface area contributed by atoms with Crippen molar-refractivity contribution >= 4 is 0 Å². The van der Waals surface area contributed by atoms with Gasteiger partial charge in [0.2, 0.25) is 0 Å². The van der Waals surface area contributed by atoms with Crippen LogP contribution in [0.4, 0.5) is 0 Å². The molecule has 0 heteroatoms.